The Kier molecular flexibility index (Phi) is 3.76. The smallest absolute Gasteiger partial charge is 0.128 e. The second kappa shape index (κ2) is 5.40. The Balaban J connectivity index is 1.97. The van der Waals surface area contributed by atoms with E-state index in [9.17, 15) is 5.11 Å². The van der Waals surface area contributed by atoms with Gasteiger partial charge in [0.2, 0.25) is 0 Å². The molecule has 0 amide bonds. The minimum Gasteiger partial charge on any atom is -0.485 e. The van der Waals surface area contributed by atoms with Crippen molar-refractivity contribution in [2.75, 3.05) is 0 Å². The van der Waals surface area contributed by atoms with Crippen LogP contribution in [0.15, 0.2) is 40.9 Å². The van der Waals surface area contributed by atoms with E-state index in [1.54, 1.807) is 0 Å². The molecule has 1 unspecified atom stereocenters. The molecule has 1 aliphatic rings. The lowest BCUT2D eigenvalue weighted by molar-refractivity contribution is 0.0657. The van der Waals surface area contributed by atoms with Gasteiger partial charge in [0.15, 0.2) is 0 Å². The van der Waals surface area contributed by atoms with Crippen LogP contribution in [0, 0.1) is 6.92 Å². The van der Waals surface area contributed by atoms with Crippen molar-refractivity contribution in [1.29, 1.82) is 0 Å². The molecule has 0 aliphatic carbocycles. The molecule has 0 aromatic heterocycles. The van der Waals surface area contributed by atoms with Crippen LogP contribution in [-0.4, -0.2) is 5.11 Å². The lowest BCUT2D eigenvalue weighted by Crippen LogP contribution is -2.19. The first-order chi connectivity index (χ1) is 9.54. The zero-order chi connectivity index (χ0) is 14.3. The molecule has 2 nitrogen and oxygen atoms in total. The lowest BCUT2D eigenvalue weighted by Gasteiger charge is -2.30. The molecule has 2 aromatic rings. The van der Waals surface area contributed by atoms with Gasteiger partial charge in [-0.1, -0.05) is 45.2 Å². The summed E-state index contributed by atoms with van der Waals surface area (Å²) >= 11 is 9.66. The summed E-state index contributed by atoms with van der Waals surface area (Å²) in [5, 5.41) is 11.0. The molecule has 0 spiro atoms. The van der Waals surface area contributed by atoms with E-state index in [0.29, 0.717) is 11.4 Å². The van der Waals surface area contributed by atoms with Gasteiger partial charge in [-0.15, -0.1) is 0 Å². The summed E-state index contributed by atoms with van der Waals surface area (Å²) < 4.78 is 6.93. The molecule has 4 heteroatoms. The summed E-state index contributed by atoms with van der Waals surface area (Å²) in [6.07, 6.45) is -0.234. The molecule has 104 valence electrons. The van der Waals surface area contributed by atoms with E-state index in [2.05, 4.69) is 15.9 Å². The standard InChI is InChI=1S/C16H14BrClO2/c1-9-2-5-15-12(6-9)14(19)8-16(20-15)11-4-3-10(17)7-13(11)18/h2-7,14,16,19H,8H2,1H3/t14-,16?/m0/s1. The van der Waals surface area contributed by atoms with Gasteiger partial charge in [0.05, 0.1) is 6.10 Å². The summed E-state index contributed by atoms with van der Waals surface area (Å²) in [6, 6.07) is 11.6. The second-order valence-electron chi connectivity index (χ2n) is 5.07. The van der Waals surface area contributed by atoms with Crippen molar-refractivity contribution in [3.8, 4) is 5.75 Å². The van der Waals surface area contributed by atoms with Gasteiger partial charge in [0.1, 0.15) is 11.9 Å². The Morgan fingerprint density at radius 3 is 2.75 bits per heavy atom. The summed E-state index contributed by atoms with van der Waals surface area (Å²) in [7, 11) is 0. The van der Waals surface area contributed by atoms with E-state index in [1.807, 2.05) is 43.3 Å². The van der Waals surface area contributed by atoms with Crippen molar-refractivity contribution in [2.45, 2.75) is 25.6 Å². The van der Waals surface area contributed by atoms with Crippen LogP contribution in [0.2, 0.25) is 5.02 Å². The Morgan fingerprint density at radius 2 is 2.00 bits per heavy atom. The molecule has 0 fully saturated rings. The van der Waals surface area contributed by atoms with Crippen LogP contribution < -0.4 is 4.74 Å². The topological polar surface area (TPSA) is 29.5 Å². The molecule has 20 heavy (non-hydrogen) atoms. The maximum absolute atomic E-state index is 10.3. The maximum Gasteiger partial charge on any atom is 0.128 e. The summed E-state index contributed by atoms with van der Waals surface area (Å²) in [5.74, 6) is 0.735. The molecule has 3 rings (SSSR count). The number of benzene rings is 2. The third kappa shape index (κ3) is 2.58. The number of fused-ring (bicyclic) bond motifs is 1. The molecule has 0 saturated heterocycles. The summed E-state index contributed by atoms with van der Waals surface area (Å²) in [4.78, 5) is 0. The molecule has 1 heterocycles. The van der Waals surface area contributed by atoms with Gasteiger partial charge < -0.3 is 9.84 Å². The molecule has 0 saturated carbocycles. The van der Waals surface area contributed by atoms with Gasteiger partial charge in [-0.2, -0.15) is 0 Å². The van der Waals surface area contributed by atoms with Crippen LogP contribution in [0.1, 0.15) is 35.3 Å². The Morgan fingerprint density at radius 1 is 1.20 bits per heavy atom. The number of rotatable bonds is 1. The molecular formula is C16H14BrClO2. The van der Waals surface area contributed by atoms with Gasteiger partial charge in [-0.05, 0) is 31.2 Å². The van der Waals surface area contributed by atoms with Gasteiger partial charge in [-0.3, -0.25) is 0 Å². The van der Waals surface area contributed by atoms with E-state index < -0.39 is 6.10 Å². The number of aliphatic hydroxyl groups is 1. The molecule has 1 aliphatic heterocycles. The van der Waals surface area contributed by atoms with Gasteiger partial charge in [0.25, 0.3) is 0 Å². The van der Waals surface area contributed by atoms with Crippen LogP contribution >= 0.6 is 27.5 Å². The fourth-order valence-corrected chi connectivity index (χ4v) is 3.31. The highest BCUT2D eigenvalue weighted by Crippen LogP contribution is 2.42. The zero-order valence-electron chi connectivity index (χ0n) is 10.9. The van der Waals surface area contributed by atoms with Crippen molar-refractivity contribution >= 4 is 27.5 Å². The van der Waals surface area contributed by atoms with Crippen molar-refractivity contribution in [3.05, 3.63) is 62.6 Å². The normalized spacial score (nSPS) is 21.2. The number of ether oxygens (including phenoxy) is 1. The van der Waals surface area contributed by atoms with E-state index >= 15 is 0 Å². The Hall–Kier alpha value is -1.03. The average Bonchev–Trinajstić information content (AvgIpc) is 2.39. The minimum absolute atomic E-state index is 0.221. The van der Waals surface area contributed by atoms with Crippen LogP contribution in [0.5, 0.6) is 5.75 Å². The van der Waals surface area contributed by atoms with Crippen molar-refractivity contribution in [1.82, 2.24) is 0 Å². The van der Waals surface area contributed by atoms with E-state index in [4.69, 9.17) is 16.3 Å². The molecule has 2 atom stereocenters. The van der Waals surface area contributed by atoms with Crippen molar-refractivity contribution in [2.24, 2.45) is 0 Å². The first-order valence-corrected chi connectivity index (χ1v) is 7.62. The van der Waals surface area contributed by atoms with Gasteiger partial charge in [-0.25, -0.2) is 0 Å². The third-order valence-electron chi connectivity index (χ3n) is 3.54. The summed E-state index contributed by atoms with van der Waals surface area (Å²) in [5.41, 5.74) is 2.88. The van der Waals surface area contributed by atoms with Crippen LogP contribution in [0.3, 0.4) is 0 Å². The average molecular weight is 354 g/mol. The predicted octanol–water partition coefficient (Wildman–Crippen LogP) is 4.97. The maximum atomic E-state index is 10.3. The fourth-order valence-electron chi connectivity index (χ4n) is 2.52. The van der Waals surface area contributed by atoms with E-state index in [-0.39, 0.29) is 6.10 Å². The summed E-state index contributed by atoms with van der Waals surface area (Å²) in [6.45, 7) is 2.00. The number of aliphatic hydroxyl groups excluding tert-OH is 1. The Labute approximate surface area is 131 Å². The van der Waals surface area contributed by atoms with E-state index in [1.165, 1.54) is 0 Å². The number of halogens is 2. The third-order valence-corrected chi connectivity index (χ3v) is 4.36. The van der Waals surface area contributed by atoms with Crippen LogP contribution in [0.4, 0.5) is 0 Å². The molecule has 0 bridgehead atoms. The fraction of sp³-hybridized carbons (Fsp3) is 0.250. The predicted molar refractivity (Wildman–Crippen MR) is 83.3 cm³/mol. The Bertz CT molecular complexity index is 657. The van der Waals surface area contributed by atoms with E-state index in [0.717, 1.165) is 26.9 Å². The highest BCUT2D eigenvalue weighted by molar-refractivity contribution is 9.10. The monoisotopic (exact) mass is 352 g/mol. The second-order valence-corrected chi connectivity index (χ2v) is 6.39. The minimum atomic E-state index is -0.525. The number of aryl methyl sites for hydroxylation is 1. The van der Waals surface area contributed by atoms with Crippen molar-refractivity contribution < 1.29 is 9.84 Å². The number of hydrogen-bond donors (Lipinski definition) is 1. The SMILES string of the molecule is Cc1ccc2c(c1)[C@@H](O)CC(c1ccc(Br)cc1Cl)O2. The molecule has 0 radical (unpaired) electrons. The zero-order valence-corrected chi connectivity index (χ0v) is 13.3. The highest BCUT2D eigenvalue weighted by atomic mass is 79.9. The van der Waals surface area contributed by atoms with Crippen LogP contribution in [-0.2, 0) is 0 Å². The van der Waals surface area contributed by atoms with Gasteiger partial charge >= 0.3 is 0 Å². The first-order valence-electron chi connectivity index (χ1n) is 6.45. The molecule has 2 aromatic carbocycles. The number of hydrogen-bond acceptors (Lipinski definition) is 2. The van der Waals surface area contributed by atoms with Gasteiger partial charge in [0, 0.05) is 27.0 Å². The quantitative estimate of drug-likeness (QED) is 0.784. The van der Waals surface area contributed by atoms with Crippen molar-refractivity contribution in [3.63, 3.8) is 0 Å². The first kappa shape index (κ1) is 13.9. The highest BCUT2D eigenvalue weighted by Gasteiger charge is 2.29. The lowest BCUT2D eigenvalue weighted by atomic mass is 9.94. The largest absolute Gasteiger partial charge is 0.485 e. The molecule has 1 N–H and O–H groups in total. The molecular weight excluding hydrogens is 340 g/mol. The van der Waals surface area contributed by atoms with Crippen LogP contribution in [0.25, 0.3) is 0 Å².